The van der Waals surface area contributed by atoms with Crippen molar-refractivity contribution >= 4 is 11.6 Å². The fraction of sp³-hybridized carbons (Fsp3) is 0.273. The first kappa shape index (κ1) is 11.1. The van der Waals surface area contributed by atoms with Gasteiger partial charge in [0.2, 0.25) is 0 Å². The average Bonchev–Trinajstić information content (AvgIpc) is 2.69. The lowest BCUT2D eigenvalue weighted by Crippen LogP contribution is -2.11. The third kappa shape index (κ3) is 2.40. The third-order valence-corrected chi connectivity index (χ3v) is 2.50. The first-order valence-corrected chi connectivity index (χ1v) is 5.49. The Morgan fingerprint density at radius 3 is 3.00 bits per heavy atom. The highest BCUT2D eigenvalue weighted by molar-refractivity contribution is 6.31. The second-order valence-electron chi connectivity index (χ2n) is 3.41. The Morgan fingerprint density at radius 1 is 1.44 bits per heavy atom. The minimum Gasteiger partial charge on any atom is -0.332 e. The number of nitrogens with one attached hydrogen (secondary N) is 2. The molecule has 16 heavy (non-hydrogen) atoms. The molecule has 5 heteroatoms. The molecule has 0 aliphatic rings. The molecule has 2 N–H and O–H groups in total. The number of likely N-dealkylation sites (N-methyl/N-ethyl adjacent to an activating group) is 1. The van der Waals surface area contributed by atoms with Crippen LogP contribution in [0.2, 0.25) is 5.15 Å². The predicted molar refractivity (Wildman–Crippen MR) is 64.5 cm³/mol. The third-order valence-electron chi connectivity index (χ3n) is 2.23. The summed E-state index contributed by atoms with van der Waals surface area (Å²) < 4.78 is 0. The molecule has 2 aromatic rings. The highest BCUT2D eigenvalue weighted by Gasteiger charge is 2.10. The van der Waals surface area contributed by atoms with Crippen LogP contribution >= 0.6 is 11.6 Å². The van der Waals surface area contributed by atoms with Crippen molar-refractivity contribution in [3.8, 4) is 11.4 Å². The van der Waals surface area contributed by atoms with Crippen LogP contribution in [0.5, 0.6) is 0 Å². The summed E-state index contributed by atoms with van der Waals surface area (Å²) in [5, 5.41) is 3.61. The van der Waals surface area contributed by atoms with Gasteiger partial charge in [-0.3, -0.25) is 4.98 Å². The van der Waals surface area contributed by atoms with Gasteiger partial charge in [0, 0.05) is 19.2 Å². The maximum atomic E-state index is 6.08. The molecule has 0 atom stereocenters. The number of pyridine rings is 1. The molecule has 0 fully saturated rings. The summed E-state index contributed by atoms with van der Waals surface area (Å²) in [5.41, 5.74) is 1.51. The zero-order valence-corrected chi connectivity index (χ0v) is 9.75. The molecule has 4 nitrogen and oxygen atoms in total. The normalized spacial score (nSPS) is 10.6. The summed E-state index contributed by atoms with van der Waals surface area (Å²) in [6.45, 7) is 0.867. The van der Waals surface area contributed by atoms with Gasteiger partial charge in [-0.1, -0.05) is 17.7 Å². The largest absolute Gasteiger partial charge is 0.332 e. The molecule has 0 aliphatic heterocycles. The van der Waals surface area contributed by atoms with Gasteiger partial charge in [0.05, 0.1) is 5.69 Å². The van der Waals surface area contributed by atoms with Crippen molar-refractivity contribution in [2.45, 2.75) is 6.42 Å². The summed E-state index contributed by atoms with van der Waals surface area (Å²) in [5.74, 6) is 0.875. The van der Waals surface area contributed by atoms with Crippen LogP contribution in [0.4, 0.5) is 0 Å². The molecular formula is C11H13ClN4. The molecule has 0 aliphatic carbocycles. The number of aromatic amines is 1. The molecule has 0 aromatic carbocycles. The molecule has 84 valence electrons. The Morgan fingerprint density at radius 2 is 2.31 bits per heavy atom. The fourth-order valence-electron chi connectivity index (χ4n) is 1.43. The molecule has 0 saturated carbocycles. The van der Waals surface area contributed by atoms with E-state index in [1.54, 1.807) is 6.20 Å². The fourth-order valence-corrected chi connectivity index (χ4v) is 1.68. The summed E-state index contributed by atoms with van der Waals surface area (Å²) in [6, 6.07) is 5.68. The van der Waals surface area contributed by atoms with Gasteiger partial charge >= 0.3 is 0 Å². The zero-order chi connectivity index (χ0) is 11.4. The Hall–Kier alpha value is -1.39. The van der Waals surface area contributed by atoms with Gasteiger partial charge in [-0.15, -0.1) is 0 Å². The van der Waals surface area contributed by atoms with E-state index < -0.39 is 0 Å². The first-order valence-electron chi connectivity index (χ1n) is 5.11. The van der Waals surface area contributed by atoms with Crippen LogP contribution in [0.3, 0.4) is 0 Å². The van der Waals surface area contributed by atoms with Gasteiger partial charge in [-0.05, 0) is 19.2 Å². The van der Waals surface area contributed by atoms with Crippen LogP contribution < -0.4 is 5.32 Å². The number of rotatable bonds is 4. The summed E-state index contributed by atoms with van der Waals surface area (Å²) in [7, 11) is 1.91. The van der Waals surface area contributed by atoms with Crippen molar-refractivity contribution in [2.24, 2.45) is 0 Å². The molecule has 0 unspecified atom stereocenters. The summed E-state index contributed by atoms with van der Waals surface area (Å²) >= 11 is 6.08. The minimum absolute atomic E-state index is 0.546. The second-order valence-corrected chi connectivity index (χ2v) is 3.79. The Balaban J connectivity index is 2.25. The van der Waals surface area contributed by atoms with Crippen molar-refractivity contribution in [3.05, 3.63) is 35.4 Å². The predicted octanol–water partition coefficient (Wildman–Crippen LogP) is 1.89. The van der Waals surface area contributed by atoms with Crippen LogP contribution in [0, 0.1) is 0 Å². The Labute approximate surface area is 99.1 Å². The number of nitrogens with zero attached hydrogens (tertiary/aromatic N) is 2. The molecule has 0 spiro atoms. The van der Waals surface area contributed by atoms with Crippen molar-refractivity contribution in [1.29, 1.82) is 0 Å². The lowest BCUT2D eigenvalue weighted by molar-refractivity contribution is 0.764. The molecule has 0 amide bonds. The molecule has 0 saturated heterocycles. The zero-order valence-electron chi connectivity index (χ0n) is 9.00. The average molecular weight is 237 g/mol. The molecule has 2 aromatic heterocycles. The number of hydrogen-bond donors (Lipinski definition) is 2. The Bertz CT molecular complexity index is 452. The van der Waals surface area contributed by atoms with E-state index >= 15 is 0 Å². The summed E-state index contributed by atoms with van der Waals surface area (Å²) in [6.07, 6.45) is 2.55. The van der Waals surface area contributed by atoms with E-state index in [1.807, 2.05) is 25.2 Å². The Kier molecular flexibility index (Phi) is 3.54. The van der Waals surface area contributed by atoms with Crippen LogP contribution in [0.25, 0.3) is 11.4 Å². The van der Waals surface area contributed by atoms with Crippen molar-refractivity contribution in [2.75, 3.05) is 13.6 Å². The van der Waals surface area contributed by atoms with E-state index in [9.17, 15) is 0 Å². The molecule has 0 radical (unpaired) electrons. The van der Waals surface area contributed by atoms with Crippen LogP contribution in [0.15, 0.2) is 24.4 Å². The number of halogens is 1. The first-order chi connectivity index (χ1) is 7.81. The van der Waals surface area contributed by atoms with Gasteiger partial charge in [-0.2, -0.15) is 0 Å². The number of imidazole rings is 1. The molecule has 2 rings (SSSR count). The highest BCUT2D eigenvalue weighted by Crippen LogP contribution is 2.23. The molecule has 0 bridgehead atoms. The minimum atomic E-state index is 0.546. The maximum Gasteiger partial charge on any atom is 0.135 e. The second kappa shape index (κ2) is 5.09. The molecular weight excluding hydrogens is 224 g/mol. The van der Waals surface area contributed by atoms with Crippen LogP contribution in [0.1, 0.15) is 5.82 Å². The van der Waals surface area contributed by atoms with Crippen molar-refractivity contribution in [3.63, 3.8) is 0 Å². The lowest BCUT2D eigenvalue weighted by Gasteiger charge is -1.95. The number of H-pyrrole nitrogens is 1. The summed E-state index contributed by atoms with van der Waals surface area (Å²) in [4.78, 5) is 11.7. The molecule has 2 heterocycles. The smallest absolute Gasteiger partial charge is 0.135 e. The van der Waals surface area contributed by atoms with Gasteiger partial charge in [0.25, 0.3) is 0 Å². The lowest BCUT2D eigenvalue weighted by atomic mass is 10.3. The standard InChI is InChI=1S/C11H13ClN4/c1-13-7-5-9-15-10(11(12)16-9)8-4-2-3-6-14-8/h2-4,6,13H,5,7H2,1H3,(H,15,16). The van der Waals surface area contributed by atoms with Crippen molar-refractivity contribution in [1.82, 2.24) is 20.3 Å². The SMILES string of the molecule is CNCCc1nc(-c2ccccn2)c(Cl)[nH]1. The van der Waals surface area contributed by atoms with Crippen LogP contribution in [-0.2, 0) is 6.42 Å². The number of aromatic nitrogens is 3. The van der Waals surface area contributed by atoms with Crippen molar-refractivity contribution < 1.29 is 0 Å². The van der Waals surface area contributed by atoms with E-state index in [0.717, 1.165) is 24.5 Å². The van der Waals surface area contributed by atoms with Gasteiger partial charge in [-0.25, -0.2) is 4.98 Å². The van der Waals surface area contributed by atoms with E-state index in [2.05, 4.69) is 20.3 Å². The topological polar surface area (TPSA) is 53.6 Å². The van der Waals surface area contributed by atoms with Gasteiger partial charge in [0.15, 0.2) is 0 Å². The van der Waals surface area contributed by atoms with E-state index in [-0.39, 0.29) is 0 Å². The monoisotopic (exact) mass is 236 g/mol. The van der Waals surface area contributed by atoms with E-state index in [1.165, 1.54) is 0 Å². The van der Waals surface area contributed by atoms with Gasteiger partial charge in [0.1, 0.15) is 16.7 Å². The van der Waals surface area contributed by atoms with E-state index in [0.29, 0.717) is 10.8 Å². The maximum absolute atomic E-state index is 6.08. The quantitative estimate of drug-likeness (QED) is 0.853. The van der Waals surface area contributed by atoms with E-state index in [4.69, 9.17) is 11.6 Å². The number of hydrogen-bond acceptors (Lipinski definition) is 3. The van der Waals surface area contributed by atoms with Crippen LogP contribution in [-0.4, -0.2) is 28.5 Å². The highest BCUT2D eigenvalue weighted by atomic mass is 35.5. The van der Waals surface area contributed by atoms with Gasteiger partial charge < -0.3 is 10.3 Å².